The second-order valence-electron chi connectivity index (χ2n) is 28.7. The first kappa shape index (κ1) is 91.5. The summed E-state index contributed by atoms with van der Waals surface area (Å²) in [7, 11) is 5.94. The second kappa shape index (κ2) is 76.2. The number of allylic oxidation sites excluding steroid dienone is 14. The SMILES string of the molecule is CC/C=C\C/C=C\C/C=C\C/C=C\C/C=C\C/C=C\C/C=C\CCCCCCCCCCCCCCCC(=O)OC(COC(=O)CCCCCCCCCCCCCCCCCCCCCCCCCCCCCCCCCCCCC)COC(OCC[N+](C)(C)C)C(=O)[O-]. The third-order valence-corrected chi connectivity index (χ3v) is 18.2. The molecule has 0 N–H and O–H groups in total. The fourth-order valence-electron chi connectivity index (χ4n) is 12.0. The molecule has 0 aromatic rings. The van der Waals surface area contributed by atoms with Crippen molar-refractivity contribution in [3.05, 3.63) is 85.1 Å². The Morgan fingerprint density at radius 3 is 0.895 bits per heavy atom. The molecule has 0 rings (SSSR count). The molecular formula is C86H155NO8. The first-order valence-electron chi connectivity index (χ1n) is 40.7. The molecule has 0 amide bonds. The number of rotatable bonds is 76. The average Bonchev–Trinajstić information content (AvgIpc) is 3.58. The van der Waals surface area contributed by atoms with Gasteiger partial charge in [0.25, 0.3) is 0 Å². The first-order chi connectivity index (χ1) is 46.6. The largest absolute Gasteiger partial charge is 0.545 e. The summed E-state index contributed by atoms with van der Waals surface area (Å²) >= 11 is 0. The number of ether oxygens (including phenoxy) is 4. The molecular weight excluding hydrogens is 1170 g/mol. The minimum atomic E-state index is -1.62. The quantitative estimate of drug-likeness (QED) is 0.0195. The predicted molar refractivity (Wildman–Crippen MR) is 408 cm³/mol. The van der Waals surface area contributed by atoms with E-state index in [1.807, 2.05) is 21.1 Å². The van der Waals surface area contributed by atoms with Gasteiger partial charge in [-0.05, 0) is 70.6 Å². The van der Waals surface area contributed by atoms with Crippen molar-refractivity contribution in [1.29, 1.82) is 0 Å². The Bertz CT molecular complexity index is 1840. The van der Waals surface area contributed by atoms with E-state index in [9.17, 15) is 19.5 Å². The van der Waals surface area contributed by atoms with E-state index in [-0.39, 0.29) is 32.2 Å². The molecule has 0 aliphatic heterocycles. The molecule has 0 fully saturated rings. The summed E-state index contributed by atoms with van der Waals surface area (Å²) < 4.78 is 22.9. The van der Waals surface area contributed by atoms with Gasteiger partial charge in [0.15, 0.2) is 12.4 Å². The Balaban J connectivity index is 4.00. The van der Waals surface area contributed by atoms with E-state index in [0.717, 1.165) is 83.5 Å². The number of carbonyl (C=O) groups excluding carboxylic acids is 3. The van der Waals surface area contributed by atoms with E-state index >= 15 is 0 Å². The van der Waals surface area contributed by atoms with E-state index in [0.29, 0.717) is 23.9 Å². The molecule has 2 unspecified atom stereocenters. The molecule has 9 nitrogen and oxygen atoms in total. The monoisotopic (exact) mass is 1330 g/mol. The van der Waals surface area contributed by atoms with Crippen LogP contribution in [0.25, 0.3) is 0 Å². The molecule has 0 radical (unpaired) electrons. The van der Waals surface area contributed by atoms with Gasteiger partial charge in [-0.3, -0.25) is 9.59 Å². The van der Waals surface area contributed by atoms with Crippen molar-refractivity contribution < 1.29 is 42.9 Å². The van der Waals surface area contributed by atoms with Crippen LogP contribution in [-0.2, 0) is 33.3 Å². The number of quaternary nitrogens is 1. The lowest BCUT2D eigenvalue weighted by Crippen LogP contribution is -2.44. The maximum atomic E-state index is 13.0. The highest BCUT2D eigenvalue weighted by atomic mass is 16.7. The average molecular weight is 1330 g/mol. The Morgan fingerprint density at radius 1 is 0.326 bits per heavy atom. The lowest BCUT2D eigenvalue weighted by molar-refractivity contribution is -0.870. The second-order valence-corrected chi connectivity index (χ2v) is 28.7. The minimum absolute atomic E-state index is 0.147. The van der Waals surface area contributed by atoms with Gasteiger partial charge in [-0.25, -0.2) is 0 Å². The maximum absolute atomic E-state index is 13.0. The Kier molecular flexibility index (Phi) is 73.4. The fourth-order valence-corrected chi connectivity index (χ4v) is 12.0. The number of carboxylic acid groups (broad SMARTS) is 1. The summed E-state index contributed by atoms with van der Waals surface area (Å²) in [5.41, 5.74) is 0. The van der Waals surface area contributed by atoms with Gasteiger partial charge in [-0.1, -0.05) is 388 Å². The van der Waals surface area contributed by atoms with Crippen LogP contribution >= 0.6 is 0 Å². The summed E-state index contributed by atoms with van der Waals surface area (Å²) in [6.45, 7) is 4.69. The van der Waals surface area contributed by atoms with Crippen LogP contribution in [0.3, 0.4) is 0 Å². The topological polar surface area (TPSA) is 111 Å². The number of aliphatic carboxylic acids is 1. The lowest BCUT2D eigenvalue weighted by Gasteiger charge is -2.26. The number of likely N-dealkylation sites (N-methyl/N-ethyl adjacent to an activating group) is 1. The molecule has 552 valence electrons. The van der Waals surface area contributed by atoms with Gasteiger partial charge in [0.1, 0.15) is 13.2 Å². The molecule has 0 aromatic heterocycles. The zero-order valence-electron chi connectivity index (χ0n) is 63.3. The molecule has 0 saturated heterocycles. The van der Waals surface area contributed by atoms with E-state index in [1.165, 1.54) is 270 Å². The van der Waals surface area contributed by atoms with E-state index in [4.69, 9.17) is 18.9 Å². The molecule has 0 saturated carbocycles. The van der Waals surface area contributed by atoms with Gasteiger partial charge < -0.3 is 33.3 Å². The molecule has 0 aliphatic rings. The summed E-state index contributed by atoms with van der Waals surface area (Å²) in [5, 5.41) is 11.9. The molecule has 9 heteroatoms. The Labute approximate surface area is 589 Å². The number of carboxylic acids is 1. The van der Waals surface area contributed by atoms with Crippen molar-refractivity contribution in [2.45, 2.75) is 399 Å². The normalized spacial score (nSPS) is 13.1. The summed E-state index contributed by atoms with van der Waals surface area (Å²) in [6.07, 6.45) is 101. The van der Waals surface area contributed by atoms with Crippen LogP contribution < -0.4 is 5.11 Å². The predicted octanol–water partition coefficient (Wildman–Crippen LogP) is 24.8. The summed E-state index contributed by atoms with van der Waals surface area (Å²) in [4.78, 5) is 37.6. The van der Waals surface area contributed by atoms with Gasteiger partial charge in [0.05, 0.1) is 40.3 Å². The van der Waals surface area contributed by atoms with E-state index in [1.54, 1.807) is 0 Å². The van der Waals surface area contributed by atoms with Crippen LogP contribution in [0.2, 0.25) is 0 Å². The van der Waals surface area contributed by atoms with E-state index < -0.39 is 24.3 Å². The molecule has 2 atom stereocenters. The minimum Gasteiger partial charge on any atom is -0.545 e. The number of unbranched alkanes of at least 4 members (excludes halogenated alkanes) is 47. The van der Waals surface area contributed by atoms with Gasteiger partial charge in [0.2, 0.25) is 0 Å². The van der Waals surface area contributed by atoms with Crippen molar-refractivity contribution in [1.82, 2.24) is 0 Å². The van der Waals surface area contributed by atoms with Crippen molar-refractivity contribution in [3.8, 4) is 0 Å². The number of hydrogen-bond donors (Lipinski definition) is 0. The highest BCUT2D eigenvalue weighted by molar-refractivity contribution is 5.70. The van der Waals surface area contributed by atoms with Crippen molar-refractivity contribution >= 4 is 17.9 Å². The van der Waals surface area contributed by atoms with Crippen LogP contribution in [0.15, 0.2) is 85.1 Å². The van der Waals surface area contributed by atoms with Crippen LogP contribution in [0.5, 0.6) is 0 Å². The summed E-state index contributed by atoms with van der Waals surface area (Å²) in [5.74, 6) is -2.26. The third kappa shape index (κ3) is 77.7. The number of nitrogens with zero attached hydrogens (tertiary/aromatic N) is 1. The van der Waals surface area contributed by atoms with Crippen LogP contribution in [-0.4, -0.2) is 82.3 Å². The lowest BCUT2D eigenvalue weighted by atomic mass is 10.0. The smallest absolute Gasteiger partial charge is 0.306 e. The molecule has 0 aromatic carbocycles. The highest BCUT2D eigenvalue weighted by Gasteiger charge is 2.22. The standard InChI is InChI=1S/C86H155NO8/c1-6-8-10-12-14-16-18-20-22-24-26-28-30-32-34-36-38-40-42-44-46-48-50-52-54-56-58-60-62-64-66-68-70-72-74-76-83(88)93-80-82(81-94-86(85(90)91)92-79-78-87(3,4)5)95-84(89)77-75-73-71-69-67-65-63-61-59-57-55-53-51-49-47-45-43-41-39-37-35-33-31-29-27-25-23-21-19-17-15-13-11-9-7-2/h9,11,15,17,21,23,27,29,33,35,39,41,45,47,82,86H,6-8,10,12-14,16,18-20,22,24-26,28,30-32,34,36-38,40,42-44,46,48-81H2,1-5H3/b11-9-,17-15-,23-21-,29-27-,35-33-,41-39-,47-45-. The number of esters is 2. The molecule has 95 heavy (non-hydrogen) atoms. The van der Waals surface area contributed by atoms with Crippen LogP contribution in [0.1, 0.15) is 386 Å². The number of hydrogen-bond acceptors (Lipinski definition) is 8. The van der Waals surface area contributed by atoms with Crippen molar-refractivity contribution in [2.24, 2.45) is 0 Å². The first-order valence-corrected chi connectivity index (χ1v) is 40.7. The van der Waals surface area contributed by atoms with Gasteiger partial charge >= 0.3 is 11.9 Å². The highest BCUT2D eigenvalue weighted by Crippen LogP contribution is 2.20. The maximum Gasteiger partial charge on any atom is 0.306 e. The molecule has 0 heterocycles. The molecule has 0 aliphatic carbocycles. The summed E-state index contributed by atoms with van der Waals surface area (Å²) in [6, 6.07) is 0. The number of carbonyl (C=O) groups is 3. The third-order valence-electron chi connectivity index (χ3n) is 18.2. The van der Waals surface area contributed by atoms with Crippen LogP contribution in [0, 0.1) is 0 Å². The Hall–Kier alpha value is -3.53. The van der Waals surface area contributed by atoms with Crippen LogP contribution in [0.4, 0.5) is 0 Å². The van der Waals surface area contributed by atoms with Gasteiger partial charge in [-0.2, -0.15) is 0 Å². The van der Waals surface area contributed by atoms with Crippen molar-refractivity contribution in [3.63, 3.8) is 0 Å². The van der Waals surface area contributed by atoms with Crippen molar-refractivity contribution in [2.75, 3.05) is 47.5 Å². The zero-order valence-corrected chi connectivity index (χ0v) is 63.3. The Morgan fingerprint density at radius 2 is 0.600 bits per heavy atom. The van der Waals surface area contributed by atoms with Gasteiger partial charge in [-0.15, -0.1) is 0 Å². The van der Waals surface area contributed by atoms with E-state index in [2.05, 4.69) is 98.9 Å². The molecule has 0 bridgehead atoms. The zero-order chi connectivity index (χ0) is 69.0. The van der Waals surface area contributed by atoms with Gasteiger partial charge in [0, 0.05) is 12.8 Å². The fraction of sp³-hybridized carbons (Fsp3) is 0.802. The molecule has 0 spiro atoms.